The third-order valence-electron chi connectivity index (χ3n) is 3.55. The molecule has 106 valence electrons. The molecule has 1 atom stereocenters. The zero-order valence-corrected chi connectivity index (χ0v) is 11.5. The van der Waals surface area contributed by atoms with E-state index in [0.29, 0.717) is 13.0 Å². The first-order valence-electron chi connectivity index (χ1n) is 6.09. The summed E-state index contributed by atoms with van der Waals surface area (Å²) in [5.74, 6) is -1.04. The minimum absolute atomic E-state index is 0.147. The van der Waals surface area contributed by atoms with Gasteiger partial charge in [0.1, 0.15) is 6.54 Å². The Hall–Kier alpha value is -1.44. The molecular weight excluding hydrogens is 272 g/mol. The second-order valence-electron chi connectivity index (χ2n) is 4.95. The number of imide groups is 1. The molecular formula is C11H16N2O5S. The van der Waals surface area contributed by atoms with Gasteiger partial charge < -0.3 is 4.90 Å². The first-order chi connectivity index (χ1) is 8.79. The van der Waals surface area contributed by atoms with Crippen molar-refractivity contribution in [2.75, 3.05) is 25.9 Å². The number of carbonyl (C=O) groups is 3. The molecule has 0 aromatic carbocycles. The lowest BCUT2D eigenvalue weighted by molar-refractivity contribution is -0.145. The predicted octanol–water partition coefficient (Wildman–Crippen LogP) is -1.22. The van der Waals surface area contributed by atoms with Crippen molar-refractivity contribution in [3.63, 3.8) is 0 Å². The maximum Gasteiger partial charge on any atom is 0.242 e. The molecule has 2 fully saturated rings. The summed E-state index contributed by atoms with van der Waals surface area (Å²) in [4.78, 5) is 37.1. The Kier molecular flexibility index (Phi) is 3.62. The molecule has 0 aromatic heterocycles. The Morgan fingerprint density at radius 1 is 1.26 bits per heavy atom. The number of likely N-dealkylation sites (tertiary alicyclic amines) is 2. The van der Waals surface area contributed by atoms with Gasteiger partial charge in [0, 0.05) is 32.2 Å². The molecule has 7 nitrogen and oxygen atoms in total. The molecule has 2 heterocycles. The standard InChI is InChI=1S/C11H16N2O5S/c1-19(17,18)8-4-5-12(6-8)11(16)7-13-9(14)2-3-10(13)15/h8H,2-7H2,1H3/t8-/m0/s1. The summed E-state index contributed by atoms with van der Waals surface area (Å²) in [5, 5.41) is -0.540. The van der Waals surface area contributed by atoms with Crippen LogP contribution >= 0.6 is 0 Å². The fourth-order valence-corrected chi connectivity index (χ4v) is 3.32. The predicted molar refractivity (Wildman–Crippen MR) is 65.8 cm³/mol. The van der Waals surface area contributed by atoms with Crippen molar-refractivity contribution in [3.8, 4) is 0 Å². The molecule has 0 aliphatic carbocycles. The fraction of sp³-hybridized carbons (Fsp3) is 0.727. The Balaban J connectivity index is 1.95. The van der Waals surface area contributed by atoms with Crippen LogP contribution in [-0.2, 0) is 24.2 Å². The summed E-state index contributed by atoms with van der Waals surface area (Å²) >= 11 is 0. The highest BCUT2D eigenvalue weighted by Gasteiger charge is 2.36. The van der Waals surface area contributed by atoms with Gasteiger partial charge in [0.2, 0.25) is 17.7 Å². The van der Waals surface area contributed by atoms with E-state index >= 15 is 0 Å². The lowest BCUT2D eigenvalue weighted by Gasteiger charge is -2.20. The molecule has 0 radical (unpaired) electrons. The first-order valence-corrected chi connectivity index (χ1v) is 8.04. The number of sulfone groups is 1. The highest BCUT2D eigenvalue weighted by molar-refractivity contribution is 7.91. The normalized spacial score (nSPS) is 24.4. The highest BCUT2D eigenvalue weighted by Crippen LogP contribution is 2.18. The molecule has 0 N–H and O–H groups in total. The van der Waals surface area contributed by atoms with Crippen LogP contribution in [0, 0.1) is 0 Å². The van der Waals surface area contributed by atoms with Crippen LogP contribution in [0.1, 0.15) is 19.3 Å². The van der Waals surface area contributed by atoms with E-state index in [1.807, 2.05) is 0 Å². The first kappa shape index (κ1) is 14.0. The average molecular weight is 288 g/mol. The zero-order chi connectivity index (χ0) is 14.2. The van der Waals surface area contributed by atoms with Gasteiger partial charge in [0.15, 0.2) is 9.84 Å². The highest BCUT2D eigenvalue weighted by atomic mass is 32.2. The van der Waals surface area contributed by atoms with Crippen molar-refractivity contribution in [2.24, 2.45) is 0 Å². The number of nitrogens with zero attached hydrogens (tertiary/aromatic N) is 2. The fourth-order valence-electron chi connectivity index (χ4n) is 2.34. The lowest BCUT2D eigenvalue weighted by atomic mass is 10.4. The minimum Gasteiger partial charge on any atom is -0.340 e. The SMILES string of the molecule is CS(=O)(=O)[C@H]1CCN(C(=O)CN2C(=O)CCC2=O)C1. The molecule has 0 spiro atoms. The van der Waals surface area contributed by atoms with E-state index in [0.717, 1.165) is 11.2 Å². The summed E-state index contributed by atoms with van der Waals surface area (Å²) in [6.45, 7) is 0.231. The second-order valence-corrected chi connectivity index (χ2v) is 7.28. The van der Waals surface area contributed by atoms with Crippen LogP contribution in [0.25, 0.3) is 0 Å². The molecule has 2 rings (SSSR count). The Morgan fingerprint density at radius 3 is 2.32 bits per heavy atom. The summed E-state index contributed by atoms with van der Waals surface area (Å²) in [5.41, 5.74) is 0. The number of amides is 3. The summed E-state index contributed by atoms with van der Waals surface area (Å²) in [6.07, 6.45) is 1.86. The number of hydrogen-bond donors (Lipinski definition) is 0. The van der Waals surface area contributed by atoms with E-state index in [-0.39, 0.29) is 43.7 Å². The van der Waals surface area contributed by atoms with Crippen LogP contribution in [0.5, 0.6) is 0 Å². The van der Waals surface area contributed by atoms with E-state index in [1.165, 1.54) is 4.90 Å². The topological polar surface area (TPSA) is 91.8 Å². The number of hydrogen-bond acceptors (Lipinski definition) is 5. The van der Waals surface area contributed by atoms with Gasteiger partial charge >= 0.3 is 0 Å². The molecule has 19 heavy (non-hydrogen) atoms. The van der Waals surface area contributed by atoms with Gasteiger partial charge in [0.05, 0.1) is 5.25 Å². The largest absolute Gasteiger partial charge is 0.340 e. The Bertz CT molecular complexity index is 511. The average Bonchev–Trinajstić information content (AvgIpc) is 2.90. The quantitative estimate of drug-likeness (QED) is 0.607. The smallest absolute Gasteiger partial charge is 0.242 e. The van der Waals surface area contributed by atoms with Crippen molar-refractivity contribution >= 4 is 27.6 Å². The van der Waals surface area contributed by atoms with Crippen molar-refractivity contribution in [1.82, 2.24) is 9.80 Å². The third-order valence-corrected chi connectivity index (χ3v) is 5.15. The van der Waals surface area contributed by atoms with Crippen molar-refractivity contribution in [1.29, 1.82) is 0 Å². The summed E-state index contributed by atoms with van der Waals surface area (Å²) in [6, 6.07) is 0. The summed E-state index contributed by atoms with van der Waals surface area (Å²) < 4.78 is 22.8. The van der Waals surface area contributed by atoms with E-state index < -0.39 is 15.1 Å². The van der Waals surface area contributed by atoms with Gasteiger partial charge in [-0.3, -0.25) is 19.3 Å². The van der Waals surface area contributed by atoms with Crippen LogP contribution in [0.3, 0.4) is 0 Å². The lowest BCUT2D eigenvalue weighted by Crippen LogP contribution is -2.42. The van der Waals surface area contributed by atoms with Crippen molar-refractivity contribution < 1.29 is 22.8 Å². The van der Waals surface area contributed by atoms with Crippen LogP contribution in [0.15, 0.2) is 0 Å². The van der Waals surface area contributed by atoms with Crippen LogP contribution < -0.4 is 0 Å². The third kappa shape index (κ3) is 2.94. The van der Waals surface area contributed by atoms with E-state index in [1.54, 1.807) is 0 Å². The monoisotopic (exact) mass is 288 g/mol. The van der Waals surface area contributed by atoms with E-state index in [9.17, 15) is 22.8 Å². The Morgan fingerprint density at radius 2 is 1.84 bits per heavy atom. The van der Waals surface area contributed by atoms with E-state index in [2.05, 4.69) is 0 Å². The minimum atomic E-state index is -3.16. The molecule has 3 amide bonds. The molecule has 2 aliphatic heterocycles. The number of carbonyl (C=O) groups excluding carboxylic acids is 3. The van der Waals surface area contributed by atoms with Gasteiger partial charge in [-0.1, -0.05) is 0 Å². The van der Waals surface area contributed by atoms with Crippen LogP contribution in [0.2, 0.25) is 0 Å². The Labute approximate surface area is 111 Å². The molecule has 0 unspecified atom stereocenters. The van der Waals surface area contributed by atoms with Crippen molar-refractivity contribution in [3.05, 3.63) is 0 Å². The van der Waals surface area contributed by atoms with Gasteiger partial charge in [-0.05, 0) is 6.42 Å². The van der Waals surface area contributed by atoms with Crippen LogP contribution in [0.4, 0.5) is 0 Å². The van der Waals surface area contributed by atoms with E-state index in [4.69, 9.17) is 0 Å². The molecule has 2 aliphatic rings. The van der Waals surface area contributed by atoms with Gasteiger partial charge in [0.25, 0.3) is 0 Å². The van der Waals surface area contributed by atoms with Gasteiger partial charge in [-0.15, -0.1) is 0 Å². The van der Waals surface area contributed by atoms with Crippen molar-refractivity contribution in [2.45, 2.75) is 24.5 Å². The maximum absolute atomic E-state index is 11.9. The molecule has 0 bridgehead atoms. The second kappa shape index (κ2) is 4.92. The molecule has 2 saturated heterocycles. The molecule has 8 heteroatoms. The number of rotatable bonds is 3. The maximum atomic E-state index is 11.9. The van der Waals surface area contributed by atoms with Crippen LogP contribution in [-0.4, -0.2) is 67.1 Å². The molecule has 0 aromatic rings. The molecule has 0 saturated carbocycles. The summed E-state index contributed by atoms with van der Waals surface area (Å²) in [7, 11) is -3.16. The zero-order valence-electron chi connectivity index (χ0n) is 10.7. The van der Waals surface area contributed by atoms with Gasteiger partial charge in [-0.2, -0.15) is 0 Å². The van der Waals surface area contributed by atoms with Gasteiger partial charge in [-0.25, -0.2) is 8.42 Å².